The highest BCUT2D eigenvalue weighted by molar-refractivity contribution is 5.94. The fourth-order valence-corrected chi connectivity index (χ4v) is 1.12. The van der Waals surface area contributed by atoms with Crippen LogP contribution in [0.4, 0.5) is 4.39 Å². The van der Waals surface area contributed by atoms with E-state index in [1.54, 1.807) is 14.1 Å². The van der Waals surface area contributed by atoms with E-state index in [9.17, 15) is 14.0 Å². The van der Waals surface area contributed by atoms with Crippen LogP contribution in [-0.4, -0.2) is 42.3 Å². The van der Waals surface area contributed by atoms with E-state index >= 15 is 0 Å². The third kappa shape index (κ3) is 4.18. The Morgan fingerprint density at radius 3 is 2.65 bits per heavy atom. The summed E-state index contributed by atoms with van der Waals surface area (Å²) in [6.45, 7) is 0.243. The van der Waals surface area contributed by atoms with Gasteiger partial charge >= 0.3 is 0 Å². The molecule has 0 radical (unpaired) electrons. The zero-order valence-electron chi connectivity index (χ0n) is 9.74. The van der Waals surface area contributed by atoms with Crippen molar-refractivity contribution in [2.45, 2.75) is 6.42 Å². The van der Waals surface area contributed by atoms with Crippen molar-refractivity contribution in [2.75, 3.05) is 20.6 Å². The predicted molar refractivity (Wildman–Crippen MR) is 59.8 cm³/mol. The smallest absolute Gasteiger partial charge is 0.252 e. The zero-order chi connectivity index (χ0) is 12.8. The van der Waals surface area contributed by atoms with Crippen molar-refractivity contribution in [3.8, 4) is 0 Å². The van der Waals surface area contributed by atoms with Crippen LogP contribution >= 0.6 is 0 Å². The van der Waals surface area contributed by atoms with Crippen LogP contribution in [0.3, 0.4) is 0 Å². The molecule has 0 saturated heterocycles. The third-order valence-electron chi connectivity index (χ3n) is 2.11. The summed E-state index contributed by atoms with van der Waals surface area (Å²) >= 11 is 0. The first kappa shape index (κ1) is 13.1. The number of carbonyl (C=O) groups excluding carboxylic acids is 2. The highest BCUT2D eigenvalue weighted by Gasteiger charge is 2.08. The maximum atomic E-state index is 12.5. The van der Waals surface area contributed by atoms with Gasteiger partial charge in [-0.3, -0.25) is 9.59 Å². The summed E-state index contributed by atoms with van der Waals surface area (Å²) in [5, 5.41) is 2.56. The van der Waals surface area contributed by atoms with Crippen LogP contribution < -0.4 is 5.32 Å². The van der Waals surface area contributed by atoms with E-state index in [0.717, 1.165) is 12.3 Å². The number of aromatic nitrogens is 1. The summed E-state index contributed by atoms with van der Waals surface area (Å²) in [5.74, 6) is -1.07. The number of rotatable bonds is 4. The SMILES string of the molecule is CN(C)C(=O)CCNC(=O)c1ccc(F)nc1. The van der Waals surface area contributed by atoms with Gasteiger partial charge in [-0.1, -0.05) is 0 Å². The Balaban J connectivity index is 2.40. The molecule has 1 rings (SSSR count). The molecule has 0 aliphatic heterocycles. The van der Waals surface area contributed by atoms with Crippen LogP contribution in [0.15, 0.2) is 18.3 Å². The molecule has 0 fully saturated rings. The number of halogens is 1. The molecule has 2 amide bonds. The molecule has 0 aromatic carbocycles. The highest BCUT2D eigenvalue weighted by Crippen LogP contribution is 1.98. The average molecular weight is 239 g/mol. The normalized spacial score (nSPS) is 9.82. The molecule has 17 heavy (non-hydrogen) atoms. The van der Waals surface area contributed by atoms with Crippen LogP contribution in [-0.2, 0) is 4.79 Å². The molecule has 0 unspecified atom stereocenters. The fraction of sp³-hybridized carbons (Fsp3) is 0.364. The van der Waals surface area contributed by atoms with E-state index in [4.69, 9.17) is 0 Å². The molecule has 0 aliphatic rings. The lowest BCUT2D eigenvalue weighted by Crippen LogP contribution is -2.30. The first-order chi connectivity index (χ1) is 8.00. The number of hydrogen-bond donors (Lipinski definition) is 1. The monoisotopic (exact) mass is 239 g/mol. The molecule has 0 spiro atoms. The average Bonchev–Trinajstić information content (AvgIpc) is 2.29. The standard InChI is InChI=1S/C11H14FN3O2/c1-15(2)10(16)5-6-13-11(17)8-3-4-9(12)14-7-8/h3-4,7H,5-6H2,1-2H3,(H,13,17). The molecule has 1 aromatic heterocycles. The number of nitrogens with zero attached hydrogens (tertiary/aromatic N) is 2. The van der Waals surface area contributed by atoms with E-state index in [0.29, 0.717) is 0 Å². The second-order valence-corrected chi connectivity index (χ2v) is 3.66. The van der Waals surface area contributed by atoms with Crippen LogP contribution in [0, 0.1) is 5.95 Å². The van der Waals surface area contributed by atoms with Gasteiger partial charge in [0.1, 0.15) is 0 Å². The third-order valence-corrected chi connectivity index (χ3v) is 2.11. The lowest BCUT2D eigenvalue weighted by molar-refractivity contribution is -0.128. The molecule has 92 valence electrons. The molecule has 5 nitrogen and oxygen atoms in total. The zero-order valence-corrected chi connectivity index (χ0v) is 9.74. The maximum absolute atomic E-state index is 12.5. The second kappa shape index (κ2) is 5.93. The summed E-state index contributed by atoms with van der Waals surface area (Å²) < 4.78 is 12.5. The van der Waals surface area contributed by atoms with E-state index < -0.39 is 5.95 Å². The Morgan fingerprint density at radius 2 is 2.12 bits per heavy atom. The van der Waals surface area contributed by atoms with Crippen molar-refractivity contribution in [2.24, 2.45) is 0 Å². The van der Waals surface area contributed by atoms with E-state index in [-0.39, 0.29) is 30.3 Å². The van der Waals surface area contributed by atoms with Crippen LogP contribution in [0.2, 0.25) is 0 Å². The first-order valence-corrected chi connectivity index (χ1v) is 5.10. The molecule has 6 heteroatoms. The minimum atomic E-state index is -0.635. The Labute approximate surface area is 98.6 Å². The van der Waals surface area contributed by atoms with Crippen molar-refractivity contribution >= 4 is 11.8 Å². The highest BCUT2D eigenvalue weighted by atomic mass is 19.1. The molecular formula is C11H14FN3O2. The fourth-order valence-electron chi connectivity index (χ4n) is 1.12. The quantitative estimate of drug-likeness (QED) is 0.775. The molecule has 0 aliphatic carbocycles. The Bertz CT molecular complexity index is 404. The largest absolute Gasteiger partial charge is 0.351 e. The van der Waals surface area contributed by atoms with Gasteiger partial charge < -0.3 is 10.2 Å². The van der Waals surface area contributed by atoms with E-state index in [1.165, 1.54) is 11.0 Å². The summed E-state index contributed by atoms with van der Waals surface area (Å²) in [4.78, 5) is 27.5. The Hall–Kier alpha value is -1.98. The first-order valence-electron chi connectivity index (χ1n) is 5.10. The van der Waals surface area contributed by atoms with Gasteiger partial charge in [0.05, 0.1) is 5.56 Å². The van der Waals surface area contributed by atoms with Gasteiger partial charge in [-0.05, 0) is 12.1 Å². The van der Waals surface area contributed by atoms with Gasteiger partial charge in [0, 0.05) is 33.3 Å². The van der Waals surface area contributed by atoms with Crippen LogP contribution in [0.25, 0.3) is 0 Å². The topological polar surface area (TPSA) is 62.3 Å². The number of nitrogens with one attached hydrogen (secondary N) is 1. The minimum absolute atomic E-state index is 0.0671. The second-order valence-electron chi connectivity index (χ2n) is 3.66. The Kier molecular flexibility index (Phi) is 4.56. The molecule has 1 N–H and O–H groups in total. The van der Waals surface area contributed by atoms with Crippen molar-refractivity contribution in [1.29, 1.82) is 0 Å². The molecule has 0 bridgehead atoms. The van der Waals surface area contributed by atoms with Crippen molar-refractivity contribution in [3.63, 3.8) is 0 Å². The number of carbonyl (C=O) groups is 2. The predicted octanol–water partition coefficient (Wildman–Crippen LogP) is 0.429. The lowest BCUT2D eigenvalue weighted by Gasteiger charge is -2.10. The van der Waals surface area contributed by atoms with Gasteiger partial charge in [0.25, 0.3) is 5.91 Å². The summed E-state index contributed by atoms with van der Waals surface area (Å²) in [6.07, 6.45) is 1.38. The number of hydrogen-bond acceptors (Lipinski definition) is 3. The van der Waals surface area contributed by atoms with Crippen molar-refractivity contribution < 1.29 is 14.0 Å². The van der Waals surface area contributed by atoms with Crippen LogP contribution in [0.5, 0.6) is 0 Å². The molecule has 0 atom stereocenters. The van der Waals surface area contributed by atoms with Gasteiger partial charge in [0.15, 0.2) is 0 Å². The molecule has 1 heterocycles. The van der Waals surface area contributed by atoms with Gasteiger partial charge in [-0.2, -0.15) is 4.39 Å². The van der Waals surface area contributed by atoms with Crippen LogP contribution in [0.1, 0.15) is 16.8 Å². The van der Waals surface area contributed by atoms with E-state index in [2.05, 4.69) is 10.3 Å². The van der Waals surface area contributed by atoms with Gasteiger partial charge in [0.2, 0.25) is 11.9 Å². The Morgan fingerprint density at radius 1 is 1.41 bits per heavy atom. The van der Waals surface area contributed by atoms with Gasteiger partial charge in [-0.25, -0.2) is 4.98 Å². The summed E-state index contributed by atoms with van der Waals surface area (Å²) in [5.41, 5.74) is 0.267. The number of amides is 2. The molecular weight excluding hydrogens is 225 g/mol. The number of pyridine rings is 1. The lowest BCUT2D eigenvalue weighted by atomic mass is 10.2. The van der Waals surface area contributed by atoms with Crippen molar-refractivity contribution in [3.05, 3.63) is 29.8 Å². The van der Waals surface area contributed by atoms with Crippen molar-refractivity contribution in [1.82, 2.24) is 15.2 Å². The maximum Gasteiger partial charge on any atom is 0.252 e. The molecule has 0 saturated carbocycles. The van der Waals surface area contributed by atoms with E-state index in [1.807, 2.05) is 0 Å². The summed E-state index contributed by atoms with van der Waals surface area (Å²) in [6, 6.07) is 2.45. The van der Waals surface area contributed by atoms with Gasteiger partial charge in [-0.15, -0.1) is 0 Å². The summed E-state index contributed by atoms with van der Waals surface area (Å²) in [7, 11) is 3.29. The molecule has 1 aromatic rings. The minimum Gasteiger partial charge on any atom is -0.351 e.